The summed E-state index contributed by atoms with van der Waals surface area (Å²) in [5.41, 5.74) is 8.00. The molecule has 0 bridgehead atoms. The van der Waals surface area contributed by atoms with Crippen molar-refractivity contribution in [2.75, 3.05) is 24.6 Å². The minimum absolute atomic E-state index is 0.0789. The molecule has 4 heteroatoms. The first-order chi connectivity index (χ1) is 9.60. The Hall–Kier alpha value is -1.71. The summed E-state index contributed by atoms with van der Waals surface area (Å²) in [4.78, 5) is 11.8. The van der Waals surface area contributed by atoms with Crippen LogP contribution >= 0.6 is 0 Å². The van der Waals surface area contributed by atoms with Gasteiger partial charge in [-0.1, -0.05) is 19.8 Å². The lowest BCUT2D eigenvalue weighted by atomic mass is 9.83. The molecule has 0 aliphatic heterocycles. The molecular formula is C16H25N3O. The minimum atomic E-state index is -0.0789. The van der Waals surface area contributed by atoms with Crippen LogP contribution in [0.2, 0.25) is 0 Å². The predicted molar refractivity (Wildman–Crippen MR) is 83.9 cm³/mol. The Kier molecular flexibility index (Phi) is 4.88. The first-order valence-electron chi connectivity index (χ1n) is 7.45. The molecule has 1 saturated carbocycles. The Bertz CT molecular complexity index is 465. The van der Waals surface area contributed by atoms with Crippen LogP contribution in [-0.2, 0) is 0 Å². The molecule has 4 N–H and O–H groups in total. The highest BCUT2D eigenvalue weighted by molar-refractivity contribution is 6.00. The van der Waals surface area contributed by atoms with E-state index in [4.69, 9.17) is 5.73 Å². The molecule has 0 heterocycles. The van der Waals surface area contributed by atoms with Crippen molar-refractivity contribution in [2.24, 2.45) is 11.8 Å². The molecule has 1 aromatic carbocycles. The van der Waals surface area contributed by atoms with E-state index >= 15 is 0 Å². The number of nitrogens with two attached hydrogens (primary N) is 1. The maximum absolute atomic E-state index is 11.8. The minimum Gasteiger partial charge on any atom is -0.399 e. The Labute approximate surface area is 121 Å². The van der Waals surface area contributed by atoms with Crippen LogP contribution in [0.15, 0.2) is 18.2 Å². The Balaban J connectivity index is 2.01. The van der Waals surface area contributed by atoms with Crippen molar-refractivity contribution in [2.45, 2.75) is 32.6 Å². The van der Waals surface area contributed by atoms with E-state index in [2.05, 4.69) is 17.6 Å². The van der Waals surface area contributed by atoms with Crippen molar-refractivity contribution in [3.63, 3.8) is 0 Å². The van der Waals surface area contributed by atoms with Crippen molar-refractivity contribution in [3.8, 4) is 0 Å². The number of benzene rings is 1. The maximum Gasteiger partial charge on any atom is 0.253 e. The fourth-order valence-corrected chi connectivity index (χ4v) is 2.83. The van der Waals surface area contributed by atoms with Gasteiger partial charge in [-0.2, -0.15) is 0 Å². The second-order valence-corrected chi connectivity index (χ2v) is 5.89. The van der Waals surface area contributed by atoms with E-state index in [0.29, 0.717) is 17.2 Å². The molecule has 0 atom stereocenters. The molecule has 1 amide bonds. The van der Waals surface area contributed by atoms with E-state index in [0.717, 1.165) is 18.2 Å². The molecule has 1 aliphatic carbocycles. The Morgan fingerprint density at radius 1 is 1.30 bits per heavy atom. The van der Waals surface area contributed by atoms with Crippen molar-refractivity contribution < 1.29 is 4.79 Å². The highest BCUT2D eigenvalue weighted by Gasteiger charge is 2.18. The van der Waals surface area contributed by atoms with Crippen LogP contribution in [0.4, 0.5) is 11.4 Å². The fourth-order valence-electron chi connectivity index (χ4n) is 2.83. The molecule has 0 aromatic heterocycles. The van der Waals surface area contributed by atoms with Crippen LogP contribution in [0.1, 0.15) is 43.0 Å². The third kappa shape index (κ3) is 3.65. The van der Waals surface area contributed by atoms with Gasteiger partial charge in [-0.25, -0.2) is 0 Å². The van der Waals surface area contributed by atoms with Gasteiger partial charge in [-0.15, -0.1) is 0 Å². The highest BCUT2D eigenvalue weighted by atomic mass is 16.1. The lowest BCUT2D eigenvalue weighted by Crippen LogP contribution is -2.23. The lowest BCUT2D eigenvalue weighted by Gasteiger charge is -2.27. The zero-order valence-electron chi connectivity index (χ0n) is 12.4. The number of nitrogen functional groups attached to an aromatic ring is 1. The van der Waals surface area contributed by atoms with Gasteiger partial charge in [0.25, 0.3) is 5.91 Å². The van der Waals surface area contributed by atoms with E-state index in [-0.39, 0.29) is 5.91 Å². The van der Waals surface area contributed by atoms with Gasteiger partial charge >= 0.3 is 0 Å². The molecule has 1 fully saturated rings. The number of anilines is 2. The molecular weight excluding hydrogens is 250 g/mol. The average molecular weight is 275 g/mol. The largest absolute Gasteiger partial charge is 0.399 e. The second kappa shape index (κ2) is 6.64. The SMILES string of the molecule is CNC(=O)c1ccc(N)cc1NCC1CCC(C)CC1. The molecule has 110 valence electrons. The van der Waals surface area contributed by atoms with E-state index < -0.39 is 0 Å². The molecule has 0 saturated heterocycles. The monoisotopic (exact) mass is 275 g/mol. The number of amides is 1. The van der Waals surface area contributed by atoms with Crippen LogP contribution in [-0.4, -0.2) is 19.5 Å². The van der Waals surface area contributed by atoms with Crippen LogP contribution in [0, 0.1) is 11.8 Å². The smallest absolute Gasteiger partial charge is 0.253 e. The van der Waals surface area contributed by atoms with Crippen LogP contribution < -0.4 is 16.4 Å². The molecule has 0 radical (unpaired) electrons. The lowest BCUT2D eigenvalue weighted by molar-refractivity contribution is 0.0964. The second-order valence-electron chi connectivity index (χ2n) is 5.89. The summed E-state index contributed by atoms with van der Waals surface area (Å²) in [5, 5.41) is 6.08. The zero-order valence-corrected chi connectivity index (χ0v) is 12.4. The summed E-state index contributed by atoms with van der Waals surface area (Å²) in [6.07, 6.45) is 5.16. The number of hydrogen-bond donors (Lipinski definition) is 3. The van der Waals surface area contributed by atoms with Gasteiger partial charge in [0.15, 0.2) is 0 Å². The standard InChI is InChI=1S/C16H25N3O/c1-11-3-5-12(6-4-11)10-19-15-9-13(17)7-8-14(15)16(20)18-2/h7-9,11-12,19H,3-6,10,17H2,1-2H3,(H,18,20). The number of rotatable bonds is 4. The maximum atomic E-state index is 11.8. The van der Waals surface area contributed by atoms with Gasteiger partial charge in [0.2, 0.25) is 0 Å². The number of hydrogen-bond acceptors (Lipinski definition) is 3. The van der Waals surface area contributed by atoms with Gasteiger partial charge in [-0.3, -0.25) is 4.79 Å². The third-order valence-electron chi connectivity index (χ3n) is 4.23. The molecule has 1 aliphatic rings. The fraction of sp³-hybridized carbons (Fsp3) is 0.562. The van der Waals surface area contributed by atoms with Crippen molar-refractivity contribution in [1.29, 1.82) is 0 Å². The first-order valence-corrected chi connectivity index (χ1v) is 7.45. The quantitative estimate of drug-likeness (QED) is 0.740. The molecule has 0 spiro atoms. The van der Waals surface area contributed by atoms with Gasteiger partial charge in [0.05, 0.1) is 5.56 Å². The average Bonchev–Trinajstić information content (AvgIpc) is 2.46. The summed E-state index contributed by atoms with van der Waals surface area (Å²) in [6, 6.07) is 5.38. The normalized spacial score (nSPS) is 22.3. The molecule has 1 aromatic rings. The number of nitrogens with one attached hydrogen (secondary N) is 2. The van der Waals surface area contributed by atoms with E-state index in [1.165, 1.54) is 25.7 Å². The number of carbonyl (C=O) groups excluding carboxylic acids is 1. The van der Waals surface area contributed by atoms with Crippen molar-refractivity contribution in [1.82, 2.24) is 5.32 Å². The zero-order chi connectivity index (χ0) is 14.5. The third-order valence-corrected chi connectivity index (χ3v) is 4.23. The van der Waals surface area contributed by atoms with Gasteiger partial charge in [-0.05, 0) is 42.9 Å². The summed E-state index contributed by atoms with van der Waals surface area (Å²) in [5.74, 6) is 1.48. The van der Waals surface area contributed by atoms with E-state index in [1.807, 2.05) is 6.07 Å². The molecule has 20 heavy (non-hydrogen) atoms. The molecule has 2 rings (SSSR count). The van der Waals surface area contributed by atoms with Crippen LogP contribution in [0.3, 0.4) is 0 Å². The van der Waals surface area contributed by atoms with Gasteiger partial charge in [0.1, 0.15) is 0 Å². The summed E-state index contributed by atoms with van der Waals surface area (Å²) in [6.45, 7) is 3.24. The highest BCUT2D eigenvalue weighted by Crippen LogP contribution is 2.29. The van der Waals surface area contributed by atoms with Crippen molar-refractivity contribution in [3.05, 3.63) is 23.8 Å². The van der Waals surface area contributed by atoms with E-state index in [9.17, 15) is 4.79 Å². The van der Waals surface area contributed by atoms with Gasteiger partial charge < -0.3 is 16.4 Å². The molecule has 4 nitrogen and oxygen atoms in total. The van der Waals surface area contributed by atoms with Crippen LogP contribution in [0.25, 0.3) is 0 Å². The van der Waals surface area contributed by atoms with Crippen molar-refractivity contribution >= 4 is 17.3 Å². The topological polar surface area (TPSA) is 67.2 Å². The summed E-state index contributed by atoms with van der Waals surface area (Å²) in [7, 11) is 1.64. The summed E-state index contributed by atoms with van der Waals surface area (Å²) >= 11 is 0. The van der Waals surface area contributed by atoms with Gasteiger partial charge in [0, 0.05) is 25.0 Å². The first kappa shape index (κ1) is 14.7. The van der Waals surface area contributed by atoms with Crippen LogP contribution in [0.5, 0.6) is 0 Å². The number of carbonyl (C=O) groups is 1. The predicted octanol–water partition coefficient (Wildman–Crippen LogP) is 2.87. The Morgan fingerprint density at radius 3 is 2.65 bits per heavy atom. The Morgan fingerprint density at radius 2 is 2.00 bits per heavy atom. The molecule has 0 unspecified atom stereocenters. The van der Waals surface area contributed by atoms with E-state index in [1.54, 1.807) is 19.2 Å². The summed E-state index contributed by atoms with van der Waals surface area (Å²) < 4.78 is 0.